The zero-order valence-electron chi connectivity index (χ0n) is 7.22. The Balaban J connectivity index is 2.83. The summed E-state index contributed by atoms with van der Waals surface area (Å²) in [6, 6.07) is 0. The van der Waals surface area contributed by atoms with E-state index in [0.29, 0.717) is 16.8 Å². The molecular weight excluding hydrogens is 234 g/mol. The predicted octanol–water partition coefficient (Wildman–Crippen LogP) is 1.52. The van der Waals surface area contributed by atoms with Gasteiger partial charge in [-0.1, -0.05) is 12.2 Å². The van der Waals surface area contributed by atoms with Gasteiger partial charge in [0.15, 0.2) is 0 Å². The third kappa shape index (κ3) is 2.69. The van der Waals surface area contributed by atoms with Gasteiger partial charge in [-0.3, -0.25) is 4.79 Å². The van der Waals surface area contributed by atoms with Gasteiger partial charge in [0.2, 0.25) is 0 Å². The summed E-state index contributed by atoms with van der Waals surface area (Å²) in [7, 11) is 0. The van der Waals surface area contributed by atoms with Crippen LogP contribution in [0.1, 0.15) is 6.92 Å². The van der Waals surface area contributed by atoms with Crippen LogP contribution in [0.2, 0.25) is 0 Å². The Labute approximate surface area is 84.2 Å². The van der Waals surface area contributed by atoms with E-state index < -0.39 is 0 Å². The first-order valence-electron chi connectivity index (χ1n) is 3.72. The summed E-state index contributed by atoms with van der Waals surface area (Å²) in [6.07, 6.45) is 1.36. The van der Waals surface area contributed by atoms with Gasteiger partial charge in [-0.2, -0.15) is 0 Å². The van der Waals surface area contributed by atoms with Crippen LogP contribution in [0.4, 0.5) is 5.82 Å². The van der Waals surface area contributed by atoms with Crippen LogP contribution >= 0.6 is 15.9 Å². The fourth-order valence-corrected chi connectivity index (χ4v) is 1.10. The van der Waals surface area contributed by atoms with Crippen molar-refractivity contribution in [3.8, 4) is 0 Å². The summed E-state index contributed by atoms with van der Waals surface area (Å²) in [6.45, 7) is 6.23. The number of hydrogen-bond donors (Lipinski definition) is 2. The predicted molar refractivity (Wildman–Crippen MR) is 55.9 cm³/mol. The van der Waals surface area contributed by atoms with Gasteiger partial charge in [0.1, 0.15) is 10.3 Å². The van der Waals surface area contributed by atoms with Crippen molar-refractivity contribution < 1.29 is 0 Å². The van der Waals surface area contributed by atoms with Crippen molar-refractivity contribution in [1.82, 2.24) is 9.97 Å². The van der Waals surface area contributed by atoms with Gasteiger partial charge in [-0.25, -0.2) is 4.98 Å². The number of halogens is 1. The largest absolute Gasteiger partial charge is 0.365 e. The highest BCUT2D eigenvalue weighted by Gasteiger charge is 2.03. The molecule has 0 amide bonds. The Bertz CT molecular complexity index is 372. The second-order valence-electron chi connectivity index (χ2n) is 2.70. The van der Waals surface area contributed by atoms with Crippen LogP contribution in [0.5, 0.6) is 0 Å². The standard InChI is InChI=1S/C8H10BrN3O/c1-5(2)3-10-7-6(9)8(13)12-4-11-7/h4H,1,3H2,2H3,(H2,10,11,12,13). The molecule has 0 saturated heterocycles. The lowest BCUT2D eigenvalue weighted by Gasteiger charge is -2.05. The molecule has 0 atom stereocenters. The van der Waals surface area contributed by atoms with Crippen molar-refractivity contribution in [2.75, 3.05) is 11.9 Å². The smallest absolute Gasteiger partial charge is 0.267 e. The molecule has 4 nitrogen and oxygen atoms in total. The van der Waals surface area contributed by atoms with Gasteiger partial charge in [-0.15, -0.1) is 0 Å². The van der Waals surface area contributed by atoms with Crippen molar-refractivity contribution in [1.29, 1.82) is 0 Å². The molecule has 5 heteroatoms. The van der Waals surface area contributed by atoms with Crippen molar-refractivity contribution in [2.45, 2.75) is 6.92 Å². The molecule has 1 heterocycles. The molecular formula is C8H10BrN3O. The Morgan fingerprint density at radius 2 is 2.54 bits per heavy atom. The average molecular weight is 244 g/mol. The van der Waals surface area contributed by atoms with Gasteiger partial charge in [0, 0.05) is 6.54 Å². The molecule has 13 heavy (non-hydrogen) atoms. The van der Waals surface area contributed by atoms with Crippen LogP contribution in [0.15, 0.2) is 27.7 Å². The van der Waals surface area contributed by atoms with Crippen LogP contribution in [0.25, 0.3) is 0 Å². The molecule has 0 aliphatic carbocycles. The molecule has 0 aliphatic heterocycles. The third-order valence-corrected chi connectivity index (χ3v) is 2.09. The van der Waals surface area contributed by atoms with Gasteiger partial charge in [0.05, 0.1) is 6.33 Å². The Kier molecular flexibility index (Phi) is 3.25. The summed E-state index contributed by atoms with van der Waals surface area (Å²) in [5.74, 6) is 0.534. The van der Waals surface area contributed by atoms with Crippen LogP contribution in [-0.2, 0) is 0 Å². The topological polar surface area (TPSA) is 57.8 Å². The summed E-state index contributed by atoms with van der Waals surface area (Å²) < 4.78 is 0.413. The fourth-order valence-electron chi connectivity index (χ4n) is 0.741. The Morgan fingerprint density at radius 3 is 3.15 bits per heavy atom. The number of nitrogens with one attached hydrogen (secondary N) is 2. The van der Waals surface area contributed by atoms with Crippen molar-refractivity contribution in [3.05, 3.63) is 33.3 Å². The normalized spacial score (nSPS) is 9.69. The van der Waals surface area contributed by atoms with Gasteiger partial charge < -0.3 is 10.3 Å². The lowest BCUT2D eigenvalue weighted by Crippen LogP contribution is -2.12. The van der Waals surface area contributed by atoms with E-state index in [-0.39, 0.29) is 5.56 Å². The fraction of sp³-hybridized carbons (Fsp3) is 0.250. The molecule has 1 aromatic rings. The molecule has 1 aromatic heterocycles. The number of aromatic amines is 1. The molecule has 70 valence electrons. The van der Waals surface area contributed by atoms with E-state index in [1.165, 1.54) is 6.33 Å². The lowest BCUT2D eigenvalue weighted by atomic mass is 10.3. The quantitative estimate of drug-likeness (QED) is 0.792. The number of anilines is 1. The van der Waals surface area contributed by atoms with Crippen molar-refractivity contribution in [3.63, 3.8) is 0 Å². The van der Waals surface area contributed by atoms with E-state index in [9.17, 15) is 4.79 Å². The second-order valence-corrected chi connectivity index (χ2v) is 3.50. The minimum Gasteiger partial charge on any atom is -0.365 e. The first kappa shape index (κ1) is 9.98. The highest BCUT2D eigenvalue weighted by Crippen LogP contribution is 2.12. The Morgan fingerprint density at radius 1 is 1.85 bits per heavy atom. The lowest BCUT2D eigenvalue weighted by molar-refractivity contribution is 1.07. The zero-order valence-corrected chi connectivity index (χ0v) is 8.81. The van der Waals surface area contributed by atoms with E-state index in [2.05, 4.69) is 37.8 Å². The van der Waals surface area contributed by atoms with E-state index in [1.54, 1.807) is 0 Å². The molecule has 0 radical (unpaired) electrons. The summed E-state index contributed by atoms with van der Waals surface area (Å²) in [5, 5.41) is 2.98. The number of nitrogens with zero attached hydrogens (tertiary/aromatic N) is 1. The van der Waals surface area contributed by atoms with Crippen LogP contribution in [-0.4, -0.2) is 16.5 Å². The monoisotopic (exact) mass is 243 g/mol. The van der Waals surface area contributed by atoms with Crippen LogP contribution in [0.3, 0.4) is 0 Å². The molecule has 0 fully saturated rings. The molecule has 2 N–H and O–H groups in total. The highest BCUT2D eigenvalue weighted by atomic mass is 79.9. The molecule has 0 bridgehead atoms. The maximum atomic E-state index is 11.1. The summed E-state index contributed by atoms with van der Waals surface area (Å²) >= 11 is 3.13. The number of rotatable bonds is 3. The molecule has 0 aliphatic rings. The Hall–Kier alpha value is -1.10. The first-order valence-corrected chi connectivity index (χ1v) is 4.52. The third-order valence-electron chi connectivity index (χ3n) is 1.35. The average Bonchev–Trinajstić information content (AvgIpc) is 2.07. The van der Waals surface area contributed by atoms with Gasteiger partial charge in [-0.05, 0) is 22.9 Å². The SMILES string of the molecule is C=C(C)CNc1nc[nH]c(=O)c1Br. The first-order chi connectivity index (χ1) is 6.11. The van der Waals surface area contributed by atoms with Gasteiger partial charge >= 0.3 is 0 Å². The summed E-state index contributed by atoms with van der Waals surface area (Å²) in [4.78, 5) is 17.5. The molecule has 1 rings (SSSR count). The van der Waals surface area contributed by atoms with E-state index in [0.717, 1.165) is 5.57 Å². The maximum Gasteiger partial charge on any atom is 0.267 e. The maximum absolute atomic E-state index is 11.1. The van der Waals surface area contributed by atoms with E-state index >= 15 is 0 Å². The second kappa shape index (κ2) is 4.23. The van der Waals surface area contributed by atoms with Gasteiger partial charge in [0.25, 0.3) is 5.56 Å². The van der Waals surface area contributed by atoms with Crippen LogP contribution < -0.4 is 10.9 Å². The van der Waals surface area contributed by atoms with Crippen molar-refractivity contribution in [2.24, 2.45) is 0 Å². The highest BCUT2D eigenvalue weighted by molar-refractivity contribution is 9.10. The zero-order chi connectivity index (χ0) is 9.84. The van der Waals surface area contributed by atoms with E-state index in [1.807, 2.05) is 6.92 Å². The summed E-state index contributed by atoms with van der Waals surface area (Å²) in [5.41, 5.74) is 0.785. The number of H-pyrrole nitrogens is 1. The molecule has 0 spiro atoms. The number of hydrogen-bond acceptors (Lipinski definition) is 3. The molecule has 0 aromatic carbocycles. The number of aromatic nitrogens is 2. The molecule has 0 unspecified atom stereocenters. The minimum absolute atomic E-state index is 0.195. The van der Waals surface area contributed by atoms with Crippen LogP contribution in [0, 0.1) is 0 Å². The molecule has 0 saturated carbocycles. The van der Waals surface area contributed by atoms with Crippen molar-refractivity contribution >= 4 is 21.7 Å². The minimum atomic E-state index is -0.195. The van der Waals surface area contributed by atoms with E-state index in [4.69, 9.17) is 0 Å².